The molecule has 0 aliphatic carbocycles. The Morgan fingerprint density at radius 2 is 2.08 bits per heavy atom. The minimum atomic E-state index is -0.887. The van der Waals surface area contributed by atoms with Gasteiger partial charge in [-0.1, -0.05) is 11.6 Å². The van der Waals surface area contributed by atoms with E-state index in [1.807, 2.05) is 6.07 Å². The van der Waals surface area contributed by atoms with Crippen molar-refractivity contribution in [1.29, 1.82) is 0 Å². The molecule has 0 saturated carbocycles. The van der Waals surface area contributed by atoms with Gasteiger partial charge in [0.2, 0.25) is 0 Å². The lowest BCUT2D eigenvalue weighted by atomic mass is 10.1. The molecule has 0 fully saturated rings. The Morgan fingerprint density at radius 1 is 1.46 bits per heavy atom. The fraction of sp³-hybridized carbons (Fsp3) is 0.222. The molecule has 0 spiro atoms. The summed E-state index contributed by atoms with van der Waals surface area (Å²) in [6.45, 7) is 3.37. The zero-order valence-corrected chi connectivity index (χ0v) is 8.87. The molecule has 0 aromatic carbocycles. The molecule has 13 heavy (non-hydrogen) atoms. The molecule has 70 valence electrons. The van der Waals surface area contributed by atoms with Gasteiger partial charge in [-0.3, -0.25) is 0 Å². The number of allylic oxidation sites excluding steroid dienone is 1. The highest BCUT2D eigenvalue weighted by Gasteiger charge is 2.08. The lowest BCUT2D eigenvalue weighted by Crippen LogP contribution is -1.98. The van der Waals surface area contributed by atoms with Crippen LogP contribution in [0.5, 0.6) is 0 Å². The number of rotatable bonds is 2. The molecule has 0 saturated heterocycles. The van der Waals surface area contributed by atoms with Gasteiger partial charge in [0.15, 0.2) is 0 Å². The molecule has 1 aromatic heterocycles. The lowest BCUT2D eigenvalue weighted by molar-refractivity contribution is -0.132. The monoisotopic (exact) mass is 216 g/mol. The number of carboxylic acids is 1. The summed E-state index contributed by atoms with van der Waals surface area (Å²) in [7, 11) is 0. The van der Waals surface area contributed by atoms with Gasteiger partial charge >= 0.3 is 5.97 Å². The van der Waals surface area contributed by atoms with Gasteiger partial charge in [-0.2, -0.15) is 0 Å². The molecule has 0 atom stereocenters. The molecule has 0 aliphatic rings. The van der Waals surface area contributed by atoms with E-state index in [-0.39, 0.29) is 0 Å². The zero-order chi connectivity index (χ0) is 10.0. The van der Waals surface area contributed by atoms with Crippen molar-refractivity contribution in [3.63, 3.8) is 0 Å². The van der Waals surface area contributed by atoms with Crippen LogP contribution in [-0.2, 0) is 4.79 Å². The van der Waals surface area contributed by atoms with Gasteiger partial charge < -0.3 is 5.11 Å². The van der Waals surface area contributed by atoms with Crippen molar-refractivity contribution < 1.29 is 9.90 Å². The molecule has 0 amide bonds. The predicted molar refractivity (Wildman–Crippen MR) is 55.2 cm³/mol. The third-order valence-corrected chi connectivity index (χ3v) is 3.18. The van der Waals surface area contributed by atoms with E-state index >= 15 is 0 Å². The summed E-state index contributed by atoms with van der Waals surface area (Å²) in [5, 5.41) is 8.73. The summed E-state index contributed by atoms with van der Waals surface area (Å²) in [5.41, 5.74) is 1.13. The molecule has 0 aliphatic heterocycles. The first-order valence-corrected chi connectivity index (χ1v) is 4.88. The number of aliphatic carboxylic acids is 1. The van der Waals surface area contributed by atoms with Crippen molar-refractivity contribution in [3.05, 3.63) is 26.9 Å². The van der Waals surface area contributed by atoms with Gasteiger partial charge in [0.05, 0.1) is 4.34 Å². The second-order valence-electron chi connectivity index (χ2n) is 2.66. The lowest BCUT2D eigenvalue weighted by Gasteiger charge is -1.99. The van der Waals surface area contributed by atoms with Gasteiger partial charge in [-0.25, -0.2) is 4.79 Å². The van der Waals surface area contributed by atoms with Crippen LogP contribution in [0.3, 0.4) is 0 Å². The summed E-state index contributed by atoms with van der Waals surface area (Å²) in [6.07, 6.45) is 0. The van der Waals surface area contributed by atoms with Gasteiger partial charge in [0.1, 0.15) is 0 Å². The topological polar surface area (TPSA) is 37.3 Å². The molecule has 1 rings (SSSR count). The summed E-state index contributed by atoms with van der Waals surface area (Å²) in [6, 6.07) is 3.59. The van der Waals surface area contributed by atoms with Gasteiger partial charge in [-0.05, 0) is 31.6 Å². The fourth-order valence-electron chi connectivity index (χ4n) is 0.861. The van der Waals surface area contributed by atoms with Crippen LogP contribution in [0.1, 0.15) is 18.7 Å². The highest BCUT2D eigenvalue weighted by atomic mass is 35.5. The van der Waals surface area contributed by atoms with Crippen molar-refractivity contribution in [2.45, 2.75) is 13.8 Å². The first-order valence-electron chi connectivity index (χ1n) is 3.69. The van der Waals surface area contributed by atoms with Crippen molar-refractivity contribution >= 4 is 34.5 Å². The van der Waals surface area contributed by atoms with E-state index in [9.17, 15) is 4.79 Å². The summed E-state index contributed by atoms with van der Waals surface area (Å²) < 4.78 is 0.674. The van der Waals surface area contributed by atoms with Crippen LogP contribution < -0.4 is 0 Å². The Morgan fingerprint density at radius 3 is 2.46 bits per heavy atom. The Balaban J connectivity index is 3.09. The van der Waals surface area contributed by atoms with Crippen LogP contribution in [0.15, 0.2) is 17.7 Å². The van der Waals surface area contributed by atoms with E-state index in [4.69, 9.17) is 16.7 Å². The van der Waals surface area contributed by atoms with Gasteiger partial charge in [0, 0.05) is 10.5 Å². The number of halogens is 1. The maximum atomic E-state index is 10.6. The van der Waals surface area contributed by atoms with Crippen molar-refractivity contribution in [2.75, 3.05) is 0 Å². The van der Waals surface area contributed by atoms with Crippen molar-refractivity contribution in [1.82, 2.24) is 0 Å². The normalized spacial score (nSPS) is 12.5. The van der Waals surface area contributed by atoms with Crippen molar-refractivity contribution in [3.8, 4) is 0 Å². The Kier molecular flexibility index (Phi) is 3.12. The Labute approximate surface area is 85.5 Å². The summed E-state index contributed by atoms with van der Waals surface area (Å²) >= 11 is 7.12. The first-order chi connectivity index (χ1) is 6.02. The largest absolute Gasteiger partial charge is 0.478 e. The molecule has 0 radical (unpaired) electrons. The molecule has 0 bridgehead atoms. The minimum Gasteiger partial charge on any atom is -0.478 e. The zero-order valence-electron chi connectivity index (χ0n) is 7.30. The molecule has 1 aromatic rings. The van der Waals surface area contributed by atoms with Crippen LogP contribution >= 0.6 is 22.9 Å². The average molecular weight is 217 g/mol. The van der Waals surface area contributed by atoms with Gasteiger partial charge in [0.25, 0.3) is 0 Å². The van der Waals surface area contributed by atoms with Crippen LogP contribution in [-0.4, -0.2) is 11.1 Å². The molecule has 2 nitrogen and oxygen atoms in total. The number of hydrogen-bond donors (Lipinski definition) is 1. The highest BCUT2D eigenvalue weighted by Crippen LogP contribution is 2.29. The van der Waals surface area contributed by atoms with Crippen molar-refractivity contribution in [2.24, 2.45) is 0 Å². The summed E-state index contributed by atoms with van der Waals surface area (Å²) in [5.74, 6) is -0.887. The Bertz CT molecular complexity index is 365. The minimum absolute atomic E-state index is 0.360. The van der Waals surface area contributed by atoms with E-state index < -0.39 is 5.97 Å². The summed E-state index contributed by atoms with van der Waals surface area (Å²) in [4.78, 5) is 11.5. The first kappa shape index (κ1) is 10.3. The average Bonchev–Trinajstić information content (AvgIpc) is 2.49. The molecular formula is C9H9ClO2S. The second-order valence-corrected chi connectivity index (χ2v) is 4.37. The Hall–Kier alpha value is -0.800. The molecule has 0 unspecified atom stereocenters. The number of carboxylic acid groups (broad SMARTS) is 1. The SMILES string of the molecule is CC(C(=O)O)=C(C)c1ccc(Cl)s1. The third-order valence-electron chi connectivity index (χ3n) is 1.83. The van der Waals surface area contributed by atoms with Crippen LogP contribution in [0.2, 0.25) is 4.34 Å². The second kappa shape index (κ2) is 3.94. The van der Waals surface area contributed by atoms with Crippen LogP contribution in [0.25, 0.3) is 5.57 Å². The third kappa shape index (κ3) is 2.32. The predicted octanol–water partition coefficient (Wildman–Crippen LogP) is 3.28. The molecule has 4 heteroatoms. The number of thiophene rings is 1. The van der Waals surface area contributed by atoms with Crippen LogP contribution in [0.4, 0.5) is 0 Å². The quantitative estimate of drug-likeness (QED) is 0.771. The van der Waals surface area contributed by atoms with E-state index in [1.54, 1.807) is 19.9 Å². The maximum Gasteiger partial charge on any atom is 0.331 e. The number of carbonyl (C=O) groups is 1. The smallest absolute Gasteiger partial charge is 0.331 e. The standard InChI is InChI=1S/C9H9ClO2S/c1-5(6(2)9(11)12)7-3-4-8(10)13-7/h3-4H,1-2H3,(H,11,12). The van der Waals surface area contributed by atoms with E-state index in [2.05, 4.69) is 0 Å². The van der Waals surface area contributed by atoms with E-state index in [0.717, 1.165) is 10.5 Å². The number of hydrogen-bond acceptors (Lipinski definition) is 2. The fourth-order valence-corrected chi connectivity index (χ4v) is 1.96. The van der Waals surface area contributed by atoms with Gasteiger partial charge in [-0.15, -0.1) is 11.3 Å². The highest BCUT2D eigenvalue weighted by molar-refractivity contribution is 7.17. The molecule has 1 heterocycles. The molecule has 1 N–H and O–H groups in total. The van der Waals surface area contributed by atoms with E-state index in [0.29, 0.717) is 9.91 Å². The maximum absolute atomic E-state index is 10.6. The van der Waals surface area contributed by atoms with Crippen LogP contribution in [0, 0.1) is 0 Å². The molecular weight excluding hydrogens is 208 g/mol. The van der Waals surface area contributed by atoms with E-state index in [1.165, 1.54) is 11.3 Å².